The van der Waals surface area contributed by atoms with E-state index in [4.69, 9.17) is 23.7 Å². The Balaban J connectivity index is 1.39. The first kappa shape index (κ1) is 38.7. The zero-order valence-electron chi connectivity index (χ0n) is 30.2. The van der Waals surface area contributed by atoms with E-state index in [1.165, 1.54) is 35.5 Å². The van der Waals surface area contributed by atoms with Gasteiger partial charge in [0, 0.05) is 50.1 Å². The van der Waals surface area contributed by atoms with Gasteiger partial charge in [0.2, 0.25) is 16.8 Å². The van der Waals surface area contributed by atoms with E-state index in [2.05, 4.69) is 10.6 Å². The van der Waals surface area contributed by atoms with Gasteiger partial charge in [-0.05, 0) is 87.7 Å². The Morgan fingerprint density at radius 1 is 1.00 bits per heavy atom. The topological polar surface area (TPSA) is 165 Å². The van der Waals surface area contributed by atoms with Gasteiger partial charge in [-0.25, -0.2) is 13.2 Å². The highest BCUT2D eigenvalue weighted by molar-refractivity contribution is 7.89. The van der Waals surface area contributed by atoms with Crippen LogP contribution in [0.2, 0.25) is 0 Å². The fraction of sp³-hybridized carbons (Fsp3) is 0.459. The number of fused-ring (bicyclic) bond motifs is 2. The molecule has 3 N–H and O–H groups in total. The van der Waals surface area contributed by atoms with Crippen molar-refractivity contribution in [3.8, 4) is 23.0 Å². The molecule has 0 radical (unpaired) electrons. The molecule has 282 valence electrons. The van der Waals surface area contributed by atoms with Gasteiger partial charge in [0.15, 0.2) is 11.5 Å². The molecule has 2 aliphatic rings. The van der Waals surface area contributed by atoms with Crippen LogP contribution in [0, 0.1) is 5.92 Å². The molecule has 0 fully saturated rings. The van der Waals surface area contributed by atoms with Crippen molar-refractivity contribution in [3.63, 3.8) is 0 Å². The quantitative estimate of drug-likeness (QED) is 0.266. The molecule has 4 atom stereocenters. The Labute approximate surface area is 305 Å². The van der Waals surface area contributed by atoms with E-state index >= 15 is 0 Å². The highest BCUT2D eigenvalue weighted by atomic mass is 32.2. The number of hydrogen-bond donors (Lipinski definition) is 3. The normalized spacial score (nSPS) is 20.3. The summed E-state index contributed by atoms with van der Waals surface area (Å²) in [5, 5.41) is 15.8. The molecule has 0 aromatic heterocycles. The molecular weight excluding hydrogens is 692 g/mol. The molecular formula is C37H48N4O10S. The van der Waals surface area contributed by atoms with Gasteiger partial charge >= 0.3 is 6.03 Å². The first-order valence-electron chi connectivity index (χ1n) is 17.3. The van der Waals surface area contributed by atoms with Gasteiger partial charge in [0.25, 0.3) is 5.91 Å². The predicted octanol–water partition coefficient (Wildman–Crippen LogP) is 5.18. The lowest BCUT2D eigenvalue weighted by molar-refractivity contribution is -0.00834. The van der Waals surface area contributed by atoms with Crippen LogP contribution in [0.5, 0.6) is 23.0 Å². The number of nitrogens with zero attached hydrogens (tertiary/aromatic N) is 2. The van der Waals surface area contributed by atoms with Crippen molar-refractivity contribution < 1.29 is 46.8 Å². The molecule has 0 aliphatic carbocycles. The fourth-order valence-electron chi connectivity index (χ4n) is 6.01. The second kappa shape index (κ2) is 17.3. The van der Waals surface area contributed by atoms with E-state index in [1.54, 1.807) is 55.5 Å². The van der Waals surface area contributed by atoms with E-state index in [0.717, 1.165) is 12.8 Å². The van der Waals surface area contributed by atoms with Crippen LogP contribution in [-0.4, -0.2) is 100 Å². The minimum absolute atomic E-state index is 0.0354. The van der Waals surface area contributed by atoms with Crippen LogP contribution < -0.4 is 29.6 Å². The number of benzene rings is 3. The first-order chi connectivity index (χ1) is 24.9. The molecule has 15 heteroatoms. The number of nitrogens with one attached hydrogen (secondary N) is 2. The third-order valence-electron chi connectivity index (χ3n) is 9.14. The van der Waals surface area contributed by atoms with E-state index in [0.29, 0.717) is 47.4 Å². The molecule has 0 unspecified atom stereocenters. The van der Waals surface area contributed by atoms with Crippen LogP contribution >= 0.6 is 0 Å². The van der Waals surface area contributed by atoms with Crippen molar-refractivity contribution in [2.45, 2.75) is 63.2 Å². The number of hydrogen-bond acceptors (Lipinski definition) is 10. The van der Waals surface area contributed by atoms with Crippen LogP contribution in [0.15, 0.2) is 65.6 Å². The van der Waals surface area contributed by atoms with E-state index in [-0.39, 0.29) is 49.0 Å². The number of methoxy groups -OCH3 is 1. The van der Waals surface area contributed by atoms with Crippen LogP contribution in [0.4, 0.5) is 16.2 Å². The largest absolute Gasteiger partial charge is 0.497 e. The van der Waals surface area contributed by atoms with Crippen molar-refractivity contribution in [2.75, 3.05) is 57.9 Å². The van der Waals surface area contributed by atoms with Crippen molar-refractivity contribution in [2.24, 2.45) is 5.92 Å². The number of rotatable bonds is 9. The van der Waals surface area contributed by atoms with Crippen LogP contribution in [-0.2, 0) is 14.8 Å². The minimum atomic E-state index is -3.87. The van der Waals surface area contributed by atoms with Gasteiger partial charge in [0.05, 0.1) is 42.4 Å². The van der Waals surface area contributed by atoms with Gasteiger partial charge < -0.3 is 44.3 Å². The third kappa shape index (κ3) is 9.45. The minimum Gasteiger partial charge on any atom is -0.497 e. The number of carbonyl (C=O) groups excluding carboxylic acids is 2. The number of carbonyl (C=O) groups is 2. The molecule has 3 amide bonds. The molecule has 3 aromatic rings. The maximum absolute atomic E-state index is 14.4. The smallest absolute Gasteiger partial charge is 0.323 e. The van der Waals surface area contributed by atoms with Crippen molar-refractivity contribution in [1.82, 2.24) is 9.21 Å². The Kier molecular flexibility index (Phi) is 12.9. The zero-order valence-corrected chi connectivity index (χ0v) is 31.0. The summed E-state index contributed by atoms with van der Waals surface area (Å²) in [6.45, 7) is 5.90. The molecule has 0 saturated carbocycles. The molecule has 5 rings (SSSR count). The Bertz CT molecular complexity index is 1810. The lowest BCUT2D eigenvalue weighted by atomic mass is 10.0. The number of anilines is 2. The second-order valence-corrected chi connectivity index (χ2v) is 15.2. The summed E-state index contributed by atoms with van der Waals surface area (Å²) in [6, 6.07) is 14.9. The van der Waals surface area contributed by atoms with Gasteiger partial charge in [-0.2, -0.15) is 4.31 Å². The van der Waals surface area contributed by atoms with Crippen LogP contribution in [0.25, 0.3) is 0 Å². The van der Waals surface area contributed by atoms with Crippen LogP contribution in [0.1, 0.15) is 50.4 Å². The SMILES string of the molecule is COc1ccc(S(=O)(=O)N(C)C[C@@H]2OCCCC[C@H](C)Oc3ccc(NC(=O)Nc4ccc5c(c4)OCO5)cc3C(=O)N([C@H](C)CO)C[C@H]2C)cc1. The molecule has 0 bridgehead atoms. The van der Waals surface area contributed by atoms with E-state index < -0.39 is 34.1 Å². The summed E-state index contributed by atoms with van der Waals surface area (Å²) >= 11 is 0. The molecule has 0 spiro atoms. The lowest BCUT2D eigenvalue weighted by Gasteiger charge is -2.35. The van der Waals surface area contributed by atoms with Crippen molar-refractivity contribution >= 4 is 33.3 Å². The Morgan fingerprint density at radius 3 is 2.37 bits per heavy atom. The third-order valence-corrected chi connectivity index (χ3v) is 11.0. The van der Waals surface area contributed by atoms with Crippen molar-refractivity contribution in [3.05, 3.63) is 66.2 Å². The Morgan fingerprint density at radius 2 is 1.67 bits per heavy atom. The second-order valence-electron chi connectivity index (χ2n) is 13.1. The molecule has 2 aliphatic heterocycles. The first-order valence-corrected chi connectivity index (χ1v) is 18.8. The lowest BCUT2D eigenvalue weighted by Crippen LogP contribution is -2.48. The monoisotopic (exact) mass is 740 g/mol. The van der Waals surface area contributed by atoms with E-state index in [1.807, 2.05) is 13.8 Å². The average molecular weight is 741 g/mol. The van der Waals surface area contributed by atoms with Gasteiger partial charge in [-0.3, -0.25) is 4.79 Å². The number of urea groups is 1. The molecule has 3 aromatic carbocycles. The molecule has 14 nitrogen and oxygen atoms in total. The Hall–Kier alpha value is -4.57. The number of amides is 3. The summed E-state index contributed by atoms with van der Waals surface area (Å²) in [7, 11) is -0.850. The summed E-state index contributed by atoms with van der Waals surface area (Å²) < 4.78 is 56.9. The number of aliphatic hydroxyl groups is 1. The van der Waals surface area contributed by atoms with Gasteiger partial charge in [-0.15, -0.1) is 0 Å². The molecule has 2 heterocycles. The standard InChI is InChI=1S/C37H48N4O10S/c1-24-20-41(25(2)22-42)36(43)31-18-27(38-37(44)39-28-10-16-33-34(19-28)50-23-49-33)9-15-32(31)51-26(3)8-6-7-17-48-35(24)21-40(4)52(45,46)30-13-11-29(47-5)12-14-30/h9-16,18-19,24-26,35,42H,6-8,17,20-23H2,1-5H3,(H2,38,39,44)/t24-,25-,26+,35+/m1/s1. The average Bonchev–Trinajstić information content (AvgIpc) is 3.60. The van der Waals surface area contributed by atoms with Gasteiger partial charge in [0.1, 0.15) is 11.5 Å². The van der Waals surface area contributed by atoms with Crippen molar-refractivity contribution in [1.29, 1.82) is 0 Å². The van der Waals surface area contributed by atoms with Crippen LogP contribution in [0.3, 0.4) is 0 Å². The summed E-state index contributed by atoms with van der Waals surface area (Å²) in [4.78, 5) is 29.1. The number of likely N-dealkylation sites (N-methyl/N-ethyl adjacent to an activating group) is 1. The maximum atomic E-state index is 14.4. The van der Waals surface area contributed by atoms with E-state index in [9.17, 15) is 23.1 Å². The summed E-state index contributed by atoms with van der Waals surface area (Å²) in [6.07, 6.45) is 1.34. The highest BCUT2D eigenvalue weighted by Gasteiger charge is 2.32. The summed E-state index contributed by atoms with van der Waals surface area (Å²) in [5.41, 5.74) is 1.04. The van der Waals surface area contributed by atoms with Gasteiger partial charge in [-0.1, -0.05) is 6.92 Å². The predicted molar refractivity (Wildman–Crippen MR) is 195 cm³/mol. The maximum Gasteiger partial charge on any atom is 0.323 e. The number of ether oxygens (including phenoxy) is 5. The highest BCUT2D eigenvalue weighted by Crippen LogP contribution is 2.34. The molecule has 52 heavy (non-hydrogen) atoms. The zero-order chi connectivity index (χ0) is 37.4. The molecule has 0 saturated heterocycles. The fourth-order valence-corrected chi connectivity index (χ4v) is 7.19. The number of aliphatic hydroxyl groups excluding tert-OH is 1. The summed E-state index contributed by atoms with van der Waals surface area (Å²) in [5.74, 6) is 1.21. The number of sulfonamides is 1.